The van der Waals surface area contributed by atoms with E-state index in [4.69, 9.17) is 14.7 Å². The number of methoxy groups -OCH3 is 1. The van der Waals surface area contributed by atoms with Gasteiger partial charge in [-0.3, -0.25) is 14.6 Å². The van der Waals surface area contributed by atoms with Crippen LogP contribution in [0, 0.1) is 35.5 Å². The van der Waals surface area contributed by atoms with Gasteiger partial charge in [0.2, 0.25) is 11.8 Å². The molecule has 3 aromatic carbocycles. The second-order valence-electron chi connectivity index (χ2n) is 17.6. The molecule has 3 amide bonds. The number of aromatic nitrogens is 2. The molecule has 1 aromatic heterocycles. The number of allylic oxidation sites excluding steroid dienone is 1. The third-order valence-electron chi connectivity index (χ3n) is 13.7. The number of nitrogens with zero attached hydrogens (tertiary/aromatic N) is 3. The van der Waals surface area contributed by atoms with Crippen molar-refractivity contribution >= 4 is 34.9 Å². The van der Waals surface area contributed by atoms with Gasteiger partial charge in [0.25, 0.3) is 0 Å². The van der Waals surface area contributed by atoms with Gasteiger partial charge in [-0.25, -0.2) is 9.78 Å². The second kappa shape index (κ2) is 16.5. The van der Waals surface area contributed by atoms with Crippen molar-refractivity contribution in [1.29, 1.82) is 0 Å². The zero-order chi connectivity index (χ0) is 40.6. The van der Waals surface area contributed by atoms with Crippen LogP contribution in [0.3, 0.4) is 0 Å². The smallest absolute Gasteiger partial charge is 0.407 e. The van der Waals surface area contributed by atoms with Gasteiger partial charge in [-0.1, -0.05) is 80.6 Å². The predicted octanol–water partition coefficient (Wildman–Crippen LogP) is 8.04. The molecule has 0 spiro atoms. The van der Waals surface area contributed by atoms with Gasteiger partial charge >= 0.3 is 6.09 Å². The SMILES string of the molecule is COC(=O)N[C@H](C(=O)N1CCC[C@H]1c1ncc(-c2ccc(-c3ccc(C4=CN=C([C@H]5C6CCC(C6)[C@@H]5C(=O)NCC5CNc6ccccc6C5)C4)cc3)cc2)[nH]1)C(C)C. The number of rotatable bonds is 11. The Kier molecular flexibility index (Phi) is 10.9. The standard InChI is InChI=1S/C48H55N7O4/c1-28(2)44(54-48(58)59-3)47(57)55-20-6-9-41(55)45-51-27-40(53-45)33-16-14-31(15-17-33)30-10-12-32(13-11-30)37-23-39(50-26-37)42-35-18-19-36(22-35)43(42)46(56)52-25-29-21-34-7-4-5-8-38(34)49-24-29/h4-5,7-8,10-17,26-29,35-36,41-44,49H,6,9,18-25H2,1-3H3,(H,51,53)(H,52,56)(H,54,58)/t29?,35?,36?,41-,42+,43-,44-/m0/s1. The lowest BCUT2D eigenvalue weighted by molar-refractivity contribution is -0.135. The Morgan fingerprint density at radius 3 is 2.41 bits per heavy atom. The number of fused-ring (bicyclic) bond motifs is 3. The van der Waals surface area contributed by atoms with E-state index in [0.717, 1.165) is 73.3 Å². The van der Waals surface area contributed by atoms with Gasteiger partial charge < -0.3 is 30.6 Å². The number of hydrogen-bond donors (Lipinski definition) is 4. The number of carbonyl (C=O) groups excluding carboxylic acids is 3. The lowest BCUT2D eigenvalue weighted by atomic mass is 9.75. The normalized spacial score (nSPS) is 24.9. The molecular weight excluding hydrogens is 739 g/mol. The number of hydrogen-bond acceptors (Lipinski definition) is 7. The van der Waals surface area contributed by atoms with Crippen LogP contribution in [0.15, 0.2) is 90.2 Å². The number of likely N-dealkylation sites (tertiary alicyclic amines) is 1. The highest BCUT2D eigenvalue weighted by molar-refractivity contribution is 6.02. The molecule has 2 aliphatic carbocycles. The number of aliphatic imine (C=N–C) groups is 1. The average molecular weight is 794 g/mol. The first-order chi connectivity index (χ1) is 28.7. The van der Waals surface area contributed by atoms with Gasteiger partial charge in [0, 0.05) is 55.5 Å². The van der Waals surface area contributed by atoms with Crippen molar-refractivity contribution in [1.82, 2.24) is 25.5 Å². The van der Waals surface area contributed by atoms with Crippen LogP contribution in [0.1, 0.15) is 75.4 Å². The van der Waals surface area contributed by atoms with Crippen molar-refractivity contribution in [2.45, 2.75) is 70.9 Å². The van der Waals surface area contributed by atoms with E-state index in [1.807, 2.05) is 31.1 Å². The third kappa shape index (κ3) is 7.79. The van der Waals surface area contributed by atoms with E-state index in [0.29, 0.717) is 30.8 Å². The number of nitrogens with one attached hydrogen (secondary N) is 4. The van der Waals surface area contributed by atoms with Crippen molar-refractivity contribution < 1.29 is 19.1 Å². The van der Waals surface area contributed by atoms with E-state index in [2.05, 4.69) is 93.7 Å². The molecule has 9 rings (SSSR count). The second-order valence-corrected chi connectivity index (χ2v) is 17.6. The first-order valence-corrected chi connectivity index (χ1v) is 21.5. The van der Waals surface area contributed by atoms with E-state index in [-0.39, 0.29) is 35.6 Å². The number of amides is 3. The number of carbonyl (C=O) groups is 3. The maximum atomic E-state index is 13.8. The van der Waals surface area contributed by atoms with Crippen molar-refractivity contribution in [2.75, 3.05) is 32.1 Å². The van der Waals surface area contributed by atoms with Crippen LogP contribution in [0.4, 0.5) is 10.5 Å². The maximum Gasteiger partial charge on any atom is 0.407 e. The highest BCUT2D eigenvalue weighted by Gasteiger charge is 2.53. The lowest BCUT2D eigenvalue weighted by Gasteiger charge is -2.32. The molecule has 11 heteroatoms. The van der Waals surface area contributed by atoms with Crippen molar-refractivity contribution in [3.8, 4) is 22.4 Å². The molecule has 5 aliphatic rings. The molecule has 4 N–H and O–H groups in total. The summed E-state index contributed by atoms with van der Waals surface area (Å²) in [5.74, 6) is 2.39. The minimum Gasteiger partial charge on any atom is -0.453 e. The summed E-state index contributed by atoms with van der Waals surface area (Å²) in [6, 6.07) is 24.8. The Hall–Kier alpha value is -5.71. The summed E-state index contributed by atoms with van der Waals surface area (Å²) in [6.45, 7) is 6.04. The molecule has 3 fully saturated rings. The Morgan fingerprint density at radius 1 is 0.915 bits per heavy atom. The van der Waals surface area contributed by atoms with E-state index in [1.54, 1.807) is 0 Å². The fraction of sp³-hybridized carbons (Fsp3) is 0.438. The molecule has 11 nitrogen and oxygen atoms in total. The van der Waals surface area contributed by atoms with Crippen molar-refractivity contribution in [2.24, 2.45) is 40.5 Å². The summed E-state index contributed by atoms with van der Waals surface area (Å²) in [4.78, 5) is 54.4. The largest absolute Gasteiger partial charge is 0.453 e. The topological polar surface area (TPSA) is 141 Å². The van der Waals surface area contributed by atoms with Gasteiger partial charge in [-0.15, -0.1) is 0 Å². The van der Waals surface area contributed by atoms with Gasteiger partial charge in [-0.2, -0.15) is 0 Å². The summed E-state index contributed by atoms with van der Waals surface area (Å²) < 4.78 is 4.77. The minimum atomic E-state index is -0.673. The highest BCUT2D eigenvalue weighted by atomic mass is 16.5. The number of ether oxygens (including phenoxy) is 1. The molecule has 3 unspecified atom stereocenters. The van der Waals surface area contributed by atoms with E-state index in [9.17, 15) is 14.4 Å². The Labute approximate surface area is 346 Å². The van der Waals surface area contributed by atoms with E-state index in [1.165, 1.54) is 41.6 Å². The number of benzene rings is 3. The van der Waals surface area contributed by atoms with Crippen LogP contribution in [0.2, 0.25) is 0 Å². The van der Waals surface area contributed by atoms with Gasteiger partial charge in [-0.05, 0) is 102 Å². The predicted molar refractivity (Wildman–Crippen MR) is 230 cm³/mol. The fourth-order valence-corrected chi connectivity index (χ4v) is 10.6. The first-order valence-electron chi connectivity index (χ1n) is 21.5. The van der Waals surface area contributed by atoms with Crippen molar-refractivity contribution in [3.63, 3.8) is 0 Å². The Balaban J connectivity index is 0.806. The molecule has 2 saturated carbocycles. The summed E-state index contributed by atoms with van der Waals surface area (Å²) >= 11 is 0. The molecule has 1 saturated heterocycles. The summed E-state index contributed by atoms with van der Waals surface area (Å²) in [5, 5.41) is 9.65. The first kappa shape index (κ1) is 38.8. The van der Waals surface area contributed by atoms with Gasteiger partial charge in [0.15, 0.2) is 0 Å². The summed E-state index contributed by atoms with van der Waals surface area (Å²) in [6.07, 6.45) is 10.2. The number of H-pyrrole nitrogens is 1. The van der Waals surface area contributed by atoms with Crippen LogP contribution in [-0.2, 0) is 20.7 Å². The Bertz CT molecular complexity index is 2260. The lowest BCUT2D eigenvalue weighted by Crippen LogP contribution is -2.51. The molecule has 2 bridgehead atoms. The monoisotopic (exact) mass is 793 g/mol. The average Bonchev–Trinajstić information content (AvgIpc) is 4.13. The number of alkyl carbamates (subject to hydrolysis) is 1. The van der Waals surface area contributed by atoms with E-state index < -0.39 is 12.1 Å². The summed E-state index contributed by atoms with van der Waals surface area (Å²) in [7, 11) is 1.30. The van der Waals surface area contributed by atoms with Crippen LogP contribution in [0.5, 0.6) is 0 Å². The summed E-state index contributed by atoms with van der Waals surface area (Å²) in [5.41, 5.74) is 10.3. The number of imidazole rings is 1. The molecular formula is C48H55N7O4. The number of para-hydroxylation sites is 1. The molecule has 3 aliphatic heterocycles. The molecule has 7 atom stereocenters. The maximum absolute atomic E-state index is 13.8. The molecule has 306 valence electrons. The molecule has 0 radical (unpaired) electrons. The van der Waals surface area contributed by atoms with E-state index >= 15 is 0 Å². The van der Waals surface area contributed by atoms with Crippen LogP contribution in [0.25, 0.3) is 28.0 Å². The molecule has 4 heterocycles. The van der Waals surface area contributed by atoms with Crippen LogP contribution in [-0.4, -0.2) is 71.3 Å². The third-order valence-corrected chi connectivity index (χ3v) is 13.7. The molecule has 59 heavy (non-hydrogen) atoms. The highest BCUT2D eigenvalue weighted by Crippen LogP contribution is 2.54. The Morgan fingerprint density at radius 2 is 1.64 bits per heavy atom. The van der Waals surface area contributed by atoms with Gasteiger partial charge in [0.05, 0.1) is 25.0 Å². The van der Waals surface area contributed by atoms with Crippen LogP contribution >= 0.6 is 0 Å². The van der Waals surface area contributed by atoms with Crippen LogP contribution < -0.4 is 16.0 Å². The zero-order valence-corrected chi connectivity index (χ0v) is 34.2. The zero-order valence-electron chi connectivity index (χ0n) is 34.2. The minimum absolute atomic E-state index is 0.0173. The fourth-order valence-electron chi connectivity index (χ4n) is 10.6. The molecule has 4 aromatic rings. The quantitative estimate of drug-likeness (QED) is 0.121. The van der Waals surface area contributed by atoms with Crippen molar-refractivity contribution in [3.05, 3.63) is 102 Å². The van der Waals surface area contributed by atoms with Gasteiger partial charge in [0.1, 0.15) is 11.9 Å². The number of anilines is 1. The number of aromatic amines is 1.